The Bertz CT molecular complexity index is 1040. The van der Waals surface area contributed by atoms with E-state index < -0.39 is 11.9 Å². The average molecular weight is 467 g/mol. The third-order valence-corrected chi connectivity index (χ3v) is 5.48. The first-order valence-electron chi connectivity index (χ1n) is 9.32. The van der Waals surface area contributed by atoms with Crippen LogP contribution >= 0.6 is 15.9 Å². The van der Waals surface area contributed by atoms with E-state index in [1.165, 1.54) is 6.07 Å². The number of carbonyl (C=O) groups excluding carboxylic acids is 1. The van der Waals surface area contributed by atoms with Gasteiger partial charge < -0.3 is 4.90 Å². The van der Waals surface area contributed by atoms with E-state index in [9.17, 15) is 18.0 Å². The first-order chi connectivity index (χ1) is 13.8. The number of hydrogen-bond acceptors (Lipinski definition) is 3. The monoisotopic (exact) mass is 466 g/mol. The molecule has 5 nitrogen and oxygen atoms in total. The summed E-state index contributed by atoms with van der Waals surface area (Å²) in [5.74, 6) is -0.116. The van der Waals surface area contributed by atoms with Gasteiger partial charge >= 0.3 is 6.18 Å². The smallest absolute Gasteiger partial charge is 0.342 e. The molecule has 9 heteroatoms. The van der Waals surface area contributed by atoms with E-state index in [1.807, 2.05) is 0 Å². The maximum Gasteiger partial charge on any atom is 0.433 e. The van der Waals surface area contributed by atoms with Crippen molar-refractivity contribution in [3.8, 4) is 11.3 Å². The number of likely N-dealkylation sites (tertiary alicyclic amines) is 1. The molecule has 0 unspecified atom stereocenters. The second-order valence-corrected chi connectivity index (χ2v) is 7.97. The van der Waals surface area contributed by atoms with E-state index in [-0.39, 0.29) is 29.4 Å². The van der Waals surface area contributed by atoms with E-state index >= 15 is 0 Å². The average Bonchev–Trinajstić information content (AvgIpc) is 3.09. The van der Waals surface area contributed by atoms with Gasteiger partial charge in [0.15, 0.2) is 11.3 Å². The molecule has 2 aromatic heterocycles. The zero-order chi connectivity index (χ0) is 20.6. The molecule has 0 N–H and O–H groups in total. The Hall–Kier alpha value is -2.42. The molecule has 1 aliphatic rings. The predicted octanol–water partition coefficient (Wildman–Crippen LogP) is 4.73. The molecule has 0 radical (unpaired) electrons. The number of halogens is 4. The fourth-order valence-electron chi connectivity index (χ4n) is 3.49. The summed E-state index contributed by atoms with van der Waals surface area (Å²) in [7, 11) is 0. The Labute approximate surface area is 173 Å². The molecule has 0 bridgehead atoms. The molecule has 0 saturated carbocycles. The van der Waals surface area contributed by atoms with Crippen molar-refractivity contribution in [2.45, 2.75) is 31.9 Å². The summed E-state index contributed by atoms with van der Waals surface area (Å²) in [6, 6.07) is 9.32. The highest BCUT2D eigenvalue weighted by Gasteiger charge is 2.35. The first-order valence-corrected chi connectivity index (χ1v) is 10.1. The van der Waals surface area contributed by atoms with Crippen molar-refractivity contribution in [2.24, 2.45) is 0 Å². The Balaban J connectivity index is 1.72. The molecule has 1 aliphatic heterocycles. The Morgan fingerprint density at radius 1 is 1.07 bits per heavy atom. The minimum absolute atomic E-state index is 0.0335. The van der Waals surface area contributed by atoms with Crippen LogP contribution in [0.2, 0.25) is 0 Å². The molecule has 29 heavy (non-hydrogen) atoms. The van der Waals surface area contributed by atoms with Gasteiger partial charge in [0.1, 0.15) is 0 Å². The molecule has 1 aromatic carbocycles. The number of hydrogen-bond donors (Lipinski definition) is 0. The van der Waals surface area contributed by atoms with E-state index in [2.05, 4.69) is 26.0 Å². The lowest BCUT2D eigenvalue weighted by Gasteiger charge is -2.26. The molecule has 1 saturated heterocycles. The zero-order valence-electron chi connectivity index (χ0n) is 15.4. The first kappa shape index (κ1) is 19.9. The van der Waals surface area contributed by atoms with Crippen LogP contribution in [0.1, 0.15) is 30.7 Å². The molecule has 1 fully saturated rings. The number of piperidine rings is 1. The molecule has 3 heterocycles. The van der Waals surface area contributed by atoms with Gasteiger partial charge in [-0.1, -0.05) is 28.1 Å². The van der Waals surface area contributed by atoms with Crippen molar-refractivity contribution in [3.05, 3.63) is 52.3 Å². The van der Waals surface area contributed by atoms with Gasteiger partial charge in [-0.25, -0.2) is 9.50 Å². The highest BCUT2D eigenvalue weighted by molar-refractivity contribution is 9.10. The van der Waals surface area contributed by atoms with Crippen LogP contribution in [-0.2, 0) is 17.4 Å². The lowest BCUT2D eigenvalue weighted by Crippen LogP contribution is -2.36. The SMILES string of the molecule is O=C(Cc1cc2nc(-c3ccc(Br)cc3)cc(C(F)(F)F)n2n1)N1CCCCC1. The summed E-state index contributed by atoms with van der Waals surface area (Å²) in [5.41, 5.74) is 0.197. The summed E-state index contributed by atoms with van der Waals surface area (Å²) in [6.45, 7) is 1.37. The van der Waals surface area contributed by atoms with Crippen molar-refractivity contribution in [2.75, 3.05) is 13.1 Å². The molecular weight excluding hydrogens is 449 g/mol. The van der Waals surface area contributed by atoms with Gasteiger partial charge in [-0.05, 0) is 37.5 Å². The maximum atomic E-state index is 13.7. The normalized spacial score (nSPS) is 15.1. The molecular formula is C20H18BrF3N4O. The number of benzene rings is 1. The summed E-state index contributed by atoms with van der Waals surface area (Å²) < 4.78 is 42.6. The highest BCUT2D eigenvalue weighted by Crippen LogP contribution is 2.32. The van der Waals surface area contributed by atoms with Gasteiger partial charge in [0, 0.05) is 29.2 Å². The van der Waals surface area contributed by atoms with Gasteiger partial charge in [0.25, 0.3) is 0 Å². The number of amides is 1. The van der Waals surface area contributed by atoms with Gasteiger partial charge in [0.05, 0.1) is 17.8 Å². The minimum atomic E-state index is -4.61. The number of aromatic nitrogens is 3. The van der Waals surface area contributed by atoms with Gasteiger partial charge in [0.2, 0.25) is 5.91 Å². The number of alkyl halides is 3. The Morgan fingerprint density at radius 2 is 1.76 bits per heavy atom. The van der Waals surface area contributed by atoms with Gasteiger partial charge in [-0.15, -0.1) is 0 Å². The van der Waals surface area contributed by atoms with Crippen LogP contribution in [0.3, 0.4) is 0 Å². The molecule has 3 aromatic rings. The summed E-state index contributed by atoms with van der Waals surface area (Å²) in [5, 5.41) is 4.04. The minimum Gasteiger partial charge on any atom is -0.342 e. The van der Waals surface area contributed by atoms with Crippen LogP contribution < -0.4 is 0 Å². The fourth-order valence-corrected chi connectivity index (χ4v) is 3.75. The van der Waals surface area contributed by atoms with Crippen LogP contribution in [0.4, 0.5) is 13.2 Å². The van der Waals surface area contributed by atoms with Crippen LogP contribution in [0.25, 0.3) is 16.9 Å². The molecule has 152 valence electrons. The largest absolute Gasteiger partial charge is 0.433 e. The number of carbonyl (C=O) groups is 1. The number of rotatable bonds is 3. The molecule has 0 atom stereocenters. The lowest BCUT2D eigenvalue weighted by molar-refractivity contribution is -0.142. The number of fused-ring (bicyclic) bond motifs is 1. The molecule has 0 spiro atoms. The fraction of sp³-hybridized carbons (Fsp3) is 0.350. The Morgan fingerprint density at radius 3 is 2.41 bits per heavy atom. The third kappa shape index (κ3) is 4.29. The molecule has 0 aliphatic carbocycles. The number of nitrogens with zero attached hydrogens (tertiary/aromatic N) is 4. The Kier molecular flexibility index (Phi) is 5.33. The summed E-state index contributed by atoms with van der Waals surface area (Å²) in [4.78, 5) is 18.6. The van der Waals surface area contributed by atoms with E-state index in [0.717, 1.165) is 34.3 Å². The highest BCUT2D eigenvalue weighted by atomic mass is 79.9. The maximum absolute atomic E-state index is 13.7. The van der Waals surface area contributed by atoms with Crippen molar-refractivity contribution in [3.63, 3.8) is 0 Å². The van der Waals surface area contributed by atoms with Crippen LogP contribution in [0.15, 0.2) is 40.9 Å². The molecule has 4 rings (SSSR count). The van der Waals surface area contributed by atoms with Crippen LogP contribution in [-0.4, -0.2) is 38.5 Å². The zero-order valence-corrected chi connectivity index (χ0v) is 17.0. The van der Waals surface area contributed by atoms with Crippen molar-refractivity contribution in [1.29, 1.82) is 0 Å². The summed E-state index contributed by atoms with van der Waals surface area (Å²) in [6.07, 6.45) is -1.64. The predicted molar refractivity (Wildman–Crippen MR) is 105 cm³/mol. The molecule has 1 amide bonds. The van der Waals surface area contributed by atoms with Crippen molar-refractivity contribution < 1.29 is 18.0 Å². The van der Waals surface area contributed by atoms with E-state index in [4.69, 9.17) is 0 Å². The van der Waals surface area contributed by atoms with Crippen molar-refractivity contribution >= 4 is 27.5 Å². The standard InChI is InChI=1S/C20H18BrF3N4O/c21-14-6-4-13(5-7-14)16-12-17(20(22,23)24)28-18(25-16)10-15(26-28)11-19(29)27-8-2-1-3-9-27/h4-7,10,12H,1-3,8-9,11H2. The van der Waals surface area contributed by atoms with Crippen LogP contribution in [0.5, 0.6) is 0 Å². The lowest BCUT2D eigenvalue weighted by atomic mass is 10.1. The van der Waals surface area contributed by atoms with Crippen LogP contribution in [0, 0.1) is 0 Å². The van der Waals surface area contributed by atoms with E-state index in [1.54, 1.807) is 29.2 Å². The van der Waals surface area contributed by atoms with Gasteiger partial charge in [-0.3, -0.25) is 4.79 Å². The third-order valence-electron chi connectivity index (χ3n) is 4.95. The quantitative estimate of drug-likeness (QED) is 0.560. The summed E-state index contributed by atoms with van der Waals surface area (Å²) >= 11 is 3.31. The second-order valence-electron chi connectivity index (χ2n) is 7.06. The second kappa shape index (κ2) is 7.78. The van der Waals surface area contributed by atoms with Gasteiger partial charge in [-0.2, -0.15) is 18.3 Å². The topological polar surface area (TPSA) is 50.5 Å². The van der Waals surface area contributed by atoms with Crippen molar-refractivity contribution in [1.82, 2.24) is 19.5 Å². The van der Waals surface area contributed by atoms with E-state index in [0.29, 0.717) is 18.7 Å².